The van der Waals surface area contributed by atoms with Crippen molar-refractivity contribution >= 4 is 43.4 Å². The minimum atomic E-state index is -2.17. The standard InChI is InChI=1S/C21H20O6.BH3O3.ClH/c1-26-20-11-14(5-9-18(20)24)3-7-16(22)13-17(23)8-4-15-6-10-19(25)21(12-15)27-2;2-1(3)4;/h3-12,24-25H,13H2,1-2H3;2-4H;1H/b7-3+,8-4+;;. The van der Waals surface area contributed by atoms with E-state index >= 15 is 0 Å². The van der Waals surface area contributed by atoms with Crippen LogP contribution in [0.5, 0.6) is 23.0 Å². The summed E-state index contributed by atoms with van der Waals surface area (Å²) in [7, 11) is 0.699. The molecule has 0 unspecified atom stereocenters. The number of ether oxygens (including phenoxy) is 2. The Morgan fingerprint density at radius 2 is 1.16 bits per heavy atom. The minimum Gasteiger partial charge on any atom is -0.504 e. The zero-order valence-electron chi connectivity index (χ0n) is 17.3. The molecule has 0 aliphatic heterocycles. The Balaban J connectivity index is 0.00000177. The molecule has 0 aromatic heterocycles. The summed E-state index contributed by atoms with van der Waals surface area (Å²) in [6.45, 7) is 0. The zero-order valence-corrected chi connectivity index (χ0v) is 18.2. The van der Waals surface area contributed by atoms with E-state index in [1.807, 2.05) is 0 Å². The monoisotopic (exact) mass is 466 g/mol. The zero-order chi connectivity index (χ0) is 23.4. The molecule has 5 N–H and O–H groups in total. The summed E-state index contributed by atoms with van der Waals surface area (Å²) in [5, 5.41) is 40.6. The molecule has 0 saturated heterocycles. The summed E-state index contributed by atoms with van der Waals surface area (Å²) in [5.74, 6) is -0.0832. The topological polar surface area (TPSA) is 154 Å². The van der Waals surface area contributed by atoms with E-state index in [9.17, 15) is 19.8 Å². The van der Waals surface area contributed by atoms with E-state index in [2.05, 4.69) is 0 Å². The van der Waals surface area contributed by atoms with Crippen molar-refractivity contribution in [1.82, 2.24) is 0 Å². The van der Waals surface area contributed by atoms with Gasteiger partial charge in [-0.05, 0) is 47.5 Å². The second kappa shape index (κ2) is 14.7. The van der Waals surface area contributed by atoms with Crippen molar-refractivity contribution in [3.8, 4) is 23.0 Å². The van der Waals surface area contributed by atoms with Gasteiger partial charge < -0.3 is 34.8 Å². The molecule has 0 heterocycles. The largest absolute Gasteiger partial charge is 0.631 e. The van der Waals surface area contributed by atoms with E-state index < -0.39 is 7.32 Å². The Morgan fingerprint density at radius 3 is 1.47 bits per heavy atom. The molecule has 0 aliphatic rings. The molecule has 172 valence electrons. The van der Waals surface area contributed by atoms with E-state index in [4.69, 9.17) is 24.5 Å². The lowest BCUT2D eigenvalue weighted by molar-refractivity contribution is -0.121. The molecular formula is C21H24BClO9. The Labute approximate surface area is 191 Å². The van der Waals surface area contributed by atoms with Crippen LogP contribution in [-0.4, -0.2) is 58.4 Å². The number of methoxy groups -OCH3 is 2. The molecule has 0 spiro atoms. The number of phenols is 2. The molecule has 0 radical (unpaired) electrons. The summed E-state index contributed by atoms with van der Waals surface area (Å²) in [6, 6.07) is 9.34. The van der Waals surface area contributed by atoms with Gasteiger partial charge in [0.1, 0.15) is 0 Å². The van der Waals surface area contributed by atoms with Gasteiger partial charge in [-0.3, -0.25) is 9.59 Å². The normalized spacial score (nSPS) is 10.2. The maximum Gasteiger partial charge on any atom is 0.631 e. The molecule has 0 bridgehead atoms. The number of carbonyl (C=O) groups is 2. The fraction of sp³-hybridized carbons (Fsp3) is 0.143. The van der Waals surface area contributed by atoms with Crippen LogP contribution in [0.25, 0.3) is 12.2 Å². The van der Waals surface area contributed by atoms with E-state index in [0.29, 0.717) is 22.6 Å². The maximum absolute atomic E-state index is 11.9. The quantitative estimate of drug-likeness (QED) is 0.222. The molecule has 32 heavy (non-hydrogen) atoms. The lowest BCUT2D eigenvalue weighted by Gasteiger charge is -2.03. The first-order chi connectivity index (χ1) is 14.7. The van der Waals surface area contributed by atoms with Gasteiger partial charge >= 0.3 is 7.32 Å². The molecule has 0 atom stereocenters. The van der Waals surface area contributed by atoms with Crippen LogP contribution in [0.15, 0.2) is 48.6 Å². The van der Waals surface area contributed by atoms with E-state index in [0.717, 1.165) is 0 Å². The van der Waals surface area contributed by atoms with Gasteiger partial charge in [-0.2, -0.15) is 0 Å². The molecule has 2 aromatic rings. The third kappa shape index (κ3) is 10.6. The molecule has 11 heteroatoms. The van der Waals surface area contributed by atoms with Gasteiger partial charge in [0.2, 0.25) is 0 Å². The number of carbonyl (C=O) groups excluding carboxylic acids is 2. The smallest absolute Gasteiger partial charge is 0.504 e. The third-order valence-electron chi connectivity index (χ3n) is 3.68. The number of ketones is 2. The highest BCUT2D eigenvalue weighted by atomic mass is 35.5. The highest BCUT2D eigenvalue weighted by Gasteiger charge is 2.06. The number of halogens is 1. The van der Waals surface area contributed by atoms with Gasteiger partial charge in [0.25, 0.3) is 0 Å². The number of rotatable bonds is 8. The Bertz CT molecular complexity index is 882. The number of hydrogen-bond acceptors (Lipinski definition) is 9. The highest BCUT2D eigenvalue weighted by Crippen LogP contribution is 2.27. The molecule has 2 aromatic carbocycles. The maximum atomic E-state index is 11.9. The average molecular weight is 467 g/mol. The average Bonchev–Trinajstić information content (AvgIpc) is 2.72. The van der Waals surface area contributed by atoms with Gasteiger partial charge in [-0.1, -0.05) is 24.3 Å². The third-order valence-corrected chi connectivity index (χ3v) is 3.68. The highest BCUT2D eigenvalue weighted by molar-refractivity contribution is 6.30. The lowest BCUT2D eigenvalue weighted by atomic mass is 10.1. The predicted molar refractivity (Wildman–Crippen MR) is 122 cm³/mol. The second-order valence-corrected chi connectivity index (χ2v) is 5.99. The first kappa shape index (κ1) is 28.7. The van der Waals surface area contributed by atoms with Gasteiger partial charge in [0.05, 0.1) is 20.6 Å². The lowest BCUT2D eigenvalue weighted by Crippen LogP contribution is -2.07. The Hall–Kier alpha value is -3.31. The number of hydrogen-bond donors (Lipinski definition) is 5. The first-order valence-corrected chi connectivity index (χ1v) is 8.86. The minimum absolute atomic E-state index is 0. The van der Waals surface area contributed by atoms with Gasteiger partial charge in [0, 0.05) is 0 Å². The van der Waals surface area contributed by atoms with Crippen LogP contribution < -0.4 is 9.47 Å². The summed E-state index contributed by atoms with van der Waals surface area (Å²) < 4.78 is 10.00. The van der Waals surface area contributed by atoms with Crippen LogP contribution in [-0.2, 0) is 9.59 Å². The van der Waals surface area contributed by atoms with Crippen molar-refractivity contribution in [3.05, 3.63) is 59.7 Å². The van der Waals surface area contributed by atoms with Crippen LogP contribution in [0.4, 0.5) is 0 Å². The van der Waals surface area contributed by atoms with E-state index in [1.54, 1.807) is 36.4 Å². The number of phenolic OH excluding ortho intramolecular Hbond substituents is 2. The van der Waals surface area contributed by atoms with Crippen molar-refractivity contribution < 1.29 is 44.3 Å². The molecule has 0 saturated carbocycles. The Morgan fingerprint density at radius 1 is 0.812 bits per heavy atom. The predicted octanol–water partition coefficient (Wildman–Crippen LogP) is 1.74. The van der Waals surface area contributed by atoms with Crippen molar-refractivity contribution in [1.29, 1.82) is 0 Å². The van der Waals surface area contributed by atoms with Crippen molar-refractivity contribution in [2.45, 2.75) is 6.42 Å². The molecular weight excluding hydrogens is 442 g/mol. The second-order valence-electron chi connectivity index (χ2n) is 5.99. The van der Waals surface area contributed by atoms with Gasteiger partial charge in [-0.25, -0.2) is 0 Å². The van der Waals surface area contributed by atoms with Crippen molar-refractivity contribution in [2.75, 3.05) is 14.2 Å². The molecule has 0 fully saturated rings. The van der Waals surface area contributed by atoms with Crippen LogP contribution in [0.3, 0.4) is 0 Å². The fourth-order valence-electron chi connectivity index (χ4n) is 2.26. The number of benzene rings is 2. The summed E-state index contributed by atoms with van der Waals surface area (Å²) >= 11 is 0. The summed E-state index contributed by atoms with van der Waals surface area (Å²) in [4.78, 5) is 23.9. The van der Waals surface area contributed by atoms with Crippen LogP contribution in [0.2, 0.25) is 0 Å². The van der Waals surface area contributed by atoms with Crippen molar-refractivity contribution in [3.63, 3.8) is 0 Å². The van der Waals surface area contributed by atoms with E-state index in [1.165, 1.54) is 38.5 Å². The van der Waals surface area contributed by atoms with Crippen LogP contribution >= 0.6 is 12.4 Å². The number of aromatic hydroxyl groups is 2. The Kier molecular flexibility index (Phi) is 13.1. The van der Waals surface area contributed by atoms with Crippen LogP contribution in [0, 0.1) is 0 Å². The first-order valence-electron chi connectivity index (χ1n) is 8.86. The van der Waals surface area contributed by atoms with Gasteiger partial charge in [0.15, 0.2) is 34.6 Å². The molecule has 2 rings (SSSR count). The van der Waals surface area contributed by atoms with Gasteiger partial charge in [-0.15, -0.1) is 12.4 Å². The SMILES string of the molecule is COc1cc(/C=C/C(=O)CC(=O)/C=C/c2ccc(O)c(OC)c2)ccc1O.Cl.OB(O)O. The van der Waals surface area contributed by atoms with Crippen LogP contribution in [0.1, 0.15) is 17.5 Å². The van der Waals surface area contributed by atoms with E-state index in [-0.39, 0.29) is 41.9 Å². The fourth-order valence-corrected chi connectivity index (χ4v) is 2.26. The molecule has 9 nitrogen and oxygen atoms in total. The molecule has 0 amide bonds. The number of allylic oxidation sites excluding steroid dienone is 2. The van der Waals surface area contributed by atoms with Crippen molar-refractivity contribution in [2.24, 2.45) is 0 Å². The summed E-state index contributed by atoms with van der Waals surface area (Å²) in [6.07, 6.45) is 5.44. The summed E-state index contributed by atoms with van der Waals surface area (Å²) in [5.41, 5.74) is 1.33. The molecule has 0 aliphatic carbocycles.